The Kier molecular flexibility index (Phi) is 5.54. The molecule has 1 aromatic carbocycles. The molecule has 0 saturated carbocycles. The number of fused-ring (bicyclic) bond motifs is 1. The van der Waals surface area contributed by atoms with Gasteiger partial charge >= 0.3 is 6.18 Å². The minimum absolute atomic E-state index is 0.00828. The summed E-state index contributed by atoms with van der Waals surface area (Å²) < 4.78 is 41.0. The molecule has 0 spiro atoms. The third-order valence-electron chi connectivity index (χ3n) is 5.81. The number of halogens is 3. The molecule has 1 fully saturated rings. The molecule has 1 saturated heterocycles. The lowest BCUT2D eigenvalue weighted by Crippen LogP contribution is -2.34. The zero-order valence-corrected chi connectivity index (χ0v) is 16.3. The van der Waals surface area contributed by atoms with E-state index in [1.165, 1.54) is 5.56 Å². The number of piperidine rings is 1. The number of hydrogen-bond acceptors (Lipinski definition) is 4. The van der Waals surface area contributed by atoms with E-state index in [1.807, 2.05) is 6.07 Å². The second-order valence-corrected chi connectivity index (χ2v) is 7.75. The average Bonchev–Trinajstić information content (AvgIpc) is 3.20. The van der Waals surface area contributed by atoms with Crippen molar-refractivity contribution in [3.8, 4) is 0 Å². The van der Waals surface area contributed by atoms with Crippen LogP contribution in [0.5, 0.6) is 0 Å². The molecular formula is C21H24F3N5. The molecule has 1 unspecified atom stereocenters. The van der Waals surface area contributed by atoms with Gasteiger partial charge in [0.2, 0.25) is 0 Å². The summed E-state index contributed by atoms with van der Waals surface area (Å²) in [6.45, 7) is 4.96. The van der Waals surface area contributed by atoms with Crippen molar-refractivity contribution in [1.29, 1.82) is 0 Å². The number of hydrogen-bond donors (Lipinski definition) is 0. The Bertz CT molecular complexity index is 946. The second-order valence-electron chi connectivity index (χ2n) is 7.75. The number of likely N-dealkylation sites (tertiary alicyclic amines) is 1. The van der Waals surface area contributed by atoms with Gasteiger partial charge in [0.05, 0.1) is 0 Å². The number of rotatable bonds is 5. The summed E-state index contributed by atoms with van der Waals surface area (Å²) in [5, 5.41) is 3.66. The van der Waals surface area contributed by atoms with E-state index in [1.54, 1.807) is 0 Å². The fraction of sp³-hybridized carbons (Fsp3) is 0.476. The van der Waals surface area contributed by atoms with Crippen molar-refractivity contribution in [3.05, 3.63) is 59.7 Å². The molecule has 154 valence electrons. The van der Waals surface area contributed by atoms with Crippen molar-refractivity contribution >= 4 is 5.78 Å². The molecule has 1 atom stereocenters. The van der Waals surface area contributed by atoms with Crippen LogP contribution in [0.3, 0.4) is 0 Å². The maximum atomic E-state index is 13.4. The van der Waals surface area contributed by atoms with Crippen LogP contribution in [0.25, 0.3) is 5.78 Å². The highest BCUT2D eigenvalue weighted by atomic mass is 19.4. The molecule has 1 aliphatic rings. The molecule has 3 aromatic rings. The molecule has 3 heterocycles. The first-order chi connectivity index (χ1) is 13.9. The van der Waals surface area contributed by atoms with Crippen molar-refractivity contribution in [2.45, 2.75) is 44.2 Å². The van der Waals surface area contributed by atoms with Gasteiger partial charge in [-0.3, -0.25) is 0 Å². The van der Waals surface area contributed by atoms with Crippen molar-refractivity contribution in [2.24, 2.45) is 0 Å². The summed E-state index contributed by atoms with van der Waals surface area (Å²) in [5.74, 6) is 0.509. The van der Waals surface area contributed by atoms with E-state index < -0.39 is 11.9 Å². The Morgan fingerprint density at radius 1 is 1.14 bits per heavy atom. The molecule has 2 aromatic heterocycles. The van der Waals surface area contributed by atoms with E-state index in [-0.39, 0.29) is 11.7 Å². The first kappa shape index (κ1) is 19.8. The molecule has 0 radical (unpaired) electrons. The molecule has 5 nitrogen and oxygen atoms in total. The minimum Gasteiger partial charge on any atom is -0.303 e. The van der Waals surface area contributed by atoms with Gasteiger partial charge in [0.1, 0.15) is 6.33 Å². The lowest BCUT2D eigenvalue weighted by molar-refractivity contribution is -0.142. The Labute approximate surface area is 167 Å². The maximum Gasteiger partial charge on any atom is 0.433 e. The minimum atomic E-state index is -4.49. The maximum absolute atomic E-state index is 13.4. The van der Waals surface area contributed by atoms with Crippen molar-refractivity contribution in [1.82, 2.24) is 24.5 Å². The van der Waals surface area contributed by atoms with Crippen LogP contribution >= 0.6 is 0 Å². The third kappa shape index (κ3) is 4.42. The van der Waals surface area contributed by atoms with Gasteiger partial charge in [-0.1, -0.05) is 37.3 Å². The number of aromatic nitrogens is 4. The molecule has 0 aliphatic carbocycles. The summed E-state index contributed by atoms with van der Waals surface area (Å²) in [6.07, 6.45) is -0.713. The molecule has 8 heteroatoms. The summed E-state index contributed by atoms with van der Waals surface area (Å²) in [5.41, 5.74) is 0.997. The molecule has 0 amide bonds. The monoisotopic (exact) mass is 403 g/mol. The summed E-state index contributed by atoms with van der Waals surface area (Å²) in [6, 6.07) is 11.6. The van der Waals surface area contributed by atoms with Gasteiger partial charge < -0.3 is 4.90 Å². The molecular weight excluding hydrogens is 379 g/mol. The molecule has 0 bridgehead atoms. The first-order valence-electron chi connectivity index (χ1n) is 9.97. The van der Waals surface area contributed by atoms with Crippen molar-refractivity contribution in [2.75, 3.05) is 19.6 Å². The number of alkyl halides is 3. The fourth-order valence-corrected chi connectivity index (χ4v) is 4.02. The zero-order valence-electron chi connectivity index (χ0n) is 16.3. The van der Waals surface area contributed by atoms with Crippen LogP contribution in [0.4, 0.5) is 13.2 Å². The Balaban J connectivity index is 1.38. The summed E-state index contributed by atoms with van der Waals surface area (Å²) in [7, 11) is 0. The zero-order chi connectivity index (χ0) is 20.4. The van der Waals surface area contributed by atoms with Gasteiger partial charge in [-0.2, -0.15) is 27.8 Å². The smallest absolute Gasteiger partial charge is 0.303 e. The third-order valence-corrected chi connectivity index (χ3v) is 5.81. The van der Waals surface area contributed by atoms with Crippen molar-refractivity contribution in [3.63, 3.8) is 0 Å². The van der Waals surface area contributed by atoms with Crippen LogP contribution < -0.4 is 0 Å². The van der Waals surface area contributed by atoms with Crippen LogP contribution in [-0.2, 0) is 6.18 Å². The molecule has 4 rings (SSSR count). The Morgan fingerprint density at radius 3 is 2.55 bits per heavy atom. The lowest BCUT2D eigenvalue weighted by Gasteiger charge is -2.32. The van der Waals surface area contributed by atoms with Gasteiger partial charge in [0.15, 0.2) is 5.69 Å². The number of benzene rings is 1. The first-order valence-corrected chi connectivity index (χ1v) is 9.97. The quantitative estimate of drug-likeness (QED) is 0.629. The van der Waals surface area contributed by atoms with E-state index in [0.29, 0.717) is 11.6 Å². The van der Waals surface area contributed by atoms with Gasteiger partial charge in [-0.25, -0.2) is 4.98 Å². The topological polar surface area (TPSA) is 46.3 Å². The Hall–Kier alpha value is -2.48. The highest BCUT2D eigenvalue weighted by molar-refractivity contribution is 5.33. The highest BCUT2D eigenvalue weighted by Crippen LogP contribution is 2.33. The van der Waals surface area contributed by atoms with Crippen LogP contribution in [0.2, 0.25) is 0 Å². The second kappa shape index (κ2) is 8.10. The predicted molar refractivity (Wildman–Crippen MR) is 104 cm³/mol. The van der Waals surface area contributed by atoms with E-state index in [2.05, 4.69) is 51.2 Å². The largest absolute Gasteiger partial charge is 0.433 e. The van der Waals surface area contributed by atoms with Gasteiger partial charge in [-0.05, 0) is 56.4 Å². The van der Waals surface area contributed by atoms with Gasteiger partial charge in [0.25, 0.3) is 5.78 Å². The number of nitrogens with zero attached hydrogens (tertiary/aromatic N) is 5. The summed E-state index contributed by atoms with van der Waals surface area (Å²) in [4.78, 5) is 10.6. The summed E-state index contributed by atoms with van der Waals surface area (Å²) >= 11 is 0. The lowest BCUT2D eigenvalue weighted by atomic mass is 9.92. The molecule has 29 heavy (non-hydrogen) atoms. The molecule has 0 N–H and O–H groups in total. The van der Waals surface area contributed by atoms with Crippen LogP contribution in [0.15, 0.2) is 42.7 Å². The molecule has 1 aliphatic heterocycles. The van der Waals surface area contributed by atoms with Crippen LogP contribution in [0, 0.1) is 0 Å². The standard InChI is InChI=1S/C21H24F3N5/c1-15(16-5-3-2-4-6-16)7-10-28-11-8-17(9-12-28)18-13-19(21(22,23)24)29-20(27-18)25-14-26-29/h2-6,13-15,17H,7-12H2,1H3. The van der Waals surface area contributed by atoms with Gasteiger partial charge in [-0.15, -0.1) is 0 Å². The van der Waals surface area contributed by atoms with E-state index in [9.17, 15) is 13.2 Å². The predicted octanol–water partition coefficient (Wildman–Crippen LogP) is 4.52. The normalized spacial score (nSPS) is 17.7. The van der Waals surface area contributed by atoms with Crippen molar-refractivity contribution < 1.29 is 13.2 Å². The SMILES string of the molecule is CC(CCN1CCC(c2cc(C(F)(F)F)n3ncnc3n2)CC1)c1ccccc1. The van der Waals surface area contributed by atoms with E-state index in [4.69, 9.17) is 0 Å². The highest BCUT2D eigenvalue weighted by Gasteiger charge is 2.36. The van der Waals surface area contributed by atoms with Crippen LogP contribution in [-0.4, -0.2) is 44.1 Å². The average molecular weight is 403 g/mol. The van der Waals surface area contributed by atoms with Gasteiger partial charge in [0, 0.05) is 11.6 Å². The van der Waals surface area contributed by atoms with Crippen LogP contribution in [0.1, 0.15) is 55.0 Å². The Morgan fingerprint density at radius 2 is 1.86 bits per heavy atom. The van der Waals surface area contributed by atoms with E-state index in [0.717, 1.165) is 55.8 Å². The fourth-order valence-electron chi connectivity index (χ4n) is 4.02. The van der Waals surface area contributed by atoms with E-state index >= 15 is 0 Å².